The maximum Gasteiger partial charge on any atom is 0.343 e. The minimum absolute atomic E-state index is 0.0454. The van der Waals surface area contributed by atoms with Crippen molar-refractivity contribution in [1.29, 1.82) is 0 Å². The zero-order valence-electron chi connectivity index (χ0n) is 22.6. The third kappa shape index (κ3) is 8.36. The van der Waals surface area contributed by atoms with Crippen molar-refractivity contribution in [1.82, 2.24) is 10.7 Å². The number of hydrogen-bond acceptors (Lipinski definition) is 8. The zero-order chi connectivity index (χ0) is 29.7. The van der Waals surface area contributed by atoms with E-state index in [9.17, 15) is 19.2 Å². The molecule has 4 rings (SSSR count). The first-order valence-corrected chi connectivity index (χ1v) is 12.9. The Morgan fingerprint density at radius 1 is 0.714 bits per heavy atom. The molecule has 2 N–H and O–H groups in total. The van der Waals surface area contributed by atoms with Crippen molar-refractivity contribution in [2.45, 2.75) is 6.92 Å². The van der Waals surface area contributed by atoms with Gasteiger partial charge in [0.1, 0.15) is 17.2 Å². The average molecular weight is 566 g/mol. The zero-order valence-corrected chi connectivity index (χ0v) is 22.6. The third-order valence-electron chi connectivity index (χ3n) is 5.65. The lowest BCUT2D eigenvalue weighted by molar-refractivity contribution is -0.120. The summed E-state index contributed by atoms with van der Waals surface area (Å²) in [6.45, 7) is 2.04. The topological polar surface area (TPSA) is 132 Å². The van der Waals surface area contributed by atoms with Gasteiger partial charge in [0.25, 0.3) is 11.8 Å². The van der Waals surface area contributed by atoms with Gasteiger partial charge in [-0.15, -0.1) is 0 Å². The molecule has 0 aliphatic rings. The van der Waals surface area contributed by atoms with Crippen LogP contribution in [0.2, 0.25) is 0 Å². The van der Waals surface area contributed by atoms with Crippen LogP contribution in [-0.2, 0) is 4.79 Å². The number of hydrazone groups is 1. The fraction of sp³-hybridized carbons (Fsp3) is 0.0938. The van der Waals surface area contributed by atoms with E-state index in [1.54, 1.807) is 84.9 Å². The van der Waals surface area contributed by atoms with Crippen molar-refractivity contribution >= 4 is 30.0 Å². The molecule has 0 spiro atoms. The number of amides is 2. The lowest BCUT2D eigenvalue weighted by Gasteiger charge is -2.11. The molecular weight excluding hydrogens is 538 g/mol. The molecule has 4 aromatic rings. The minimum atomic E-state index is -0.641. The highest BCUT2D eigenvalue weighted by Crippen LogP contribution is 2.26. The summed E-state index contributed by atoms with van der Waals surface area (Å²) in [5.74, 6) is -1.43. The number of carbonyl (C=O) groups excluding carboxylic acids is 4. The number of rotatable bonds is 11. The van der Waals surface area contributed by atoms with E-state index in [0.717, 1.165) is 0 Å². The van der Waals surface area contributed by atoms with Crippen molar-refractivity contribution in [2.75, 3.05) is 13.2 Å². The first-order valence-electron chi connectivity index (χ1n) is 12.9. The number of hydrogen-bond donors (Lipinski definition) is 2. The first kappa shape index (κ1) is 29.2. The molecule has 0 unspecified atom stereocenters. The van der Waals surface area contributed by atoms with Gasteiger partial charge in [-0.2, -0.15) is 5.10 Å². The van der Waals surface area contributed by atoms with Crippen LogP contribution in [0.4, 0.5) is 0 Å². The number of esters is 2. The maximum atomic E-state index is 12.7. The molecule has 0 aliphatic heterocycles. The molecule has 2 amide bonds. The van der Waals surface area contributed by atoms with Crippen molar-refractivity contribution in [2.24, 2.45) is 5.10 Å². The lowest BCUT2D eigenvalue weighted by Crippen LogP contribution is -2.34. The predicted molar refractivity (Wildman–Crippen MR) is 155 cm³/mol. The van der Waals surface area contributed by atoms with Gasteiger partial charge in [0.05, 0.1) is 30.5 Å². The predicted octanol–water partition coefficient (Wildman–Crippen LogP) is 4.40. The smallest absolute Gasteiger partial charge is 0.343 e. The van der Waals surface area contributed by atoms with Gasteiger partial charge < -0.3 is 19.5 Å². The van der Waals surface area contributed by atoms with E-state index in [2.05, 4.69) is 15.8 Å². The fourth-order valence-corrected chi connectivity index (χ4v) is 3.59. The summed E-state index contributed by atoms with van der Waals surface area (Å²) in [6.07, 6.45) is 1.27. The van der Waals surface area contributed by atoms with E-state index in [1.165, 1.54) is 24.4 Å². The molecule has 212 valence electrons. The fourth-order valence-electron chi connectivity index (χ4n) is 3.59. The third-order valence-corrected chi connectivity index (χ3v) is 5.65. The van der Waals surface area contributed by atoms with Crippen LogP contribution in [0.5, 0.6) is 17.2 Å². The molecule has 4 aromatic carbocycles. The number of ether oxygens (including phenoxy) is 3. The van der Waals surface area contributed by atoms with Crippen molar-refractivity contribution in [3.63, 3.8) is 0 Å². The molecular formula is C32H27N3O7. The summed E-state index contributed by atoms with van der Waals surface area (Å²) in [5, 5.41) is 6.42. The second kappa shape index (κ2) is 14.6. The highest BCUT2D eigenvalue weighted by Gasteiger charge is 2.15. The standard InChI is InChI=1S/C32H27N3O7/c1-2-40-26-16-13-22(14-17-26)30(37)33-21-29(36)35-34-20-25-15-18-27(41-31(38)23-9-5-3-6-10-23)19-28(25)42-32(39)24-11-7-4-8-12-24/h3-20H,2,21H2,1H3,(H,33,37)(H,35,36)/b34-20+. The molecule has 10 nitrogen and oxygen atoms in total. The number of benzene rings is 4. The molecule has 0 radical (unpaired) electrons. The maximum absolute atomic E-state index is 12.7. The molecule has 0 aromatic heterocycles. The van der Waals surface area contributed by atoms with Gasteiger partial charge in [-0.1, -0.05) is 36.4 Å². The molecule has 0 aliphatic carbocycles. The summed E-state index contributed by atoms with van der Waals surface area (Å²) in [7, 11) is 0. The monoisotopic (exact) mass is 565 g/mol. The number of nitrogens with zero attached hydrogens (tertiary/aromatic N) is 1. The van der Waals surface area contributed by atoms with Gasteiger partial charge >= 0.3 is 11.9 Å². The highest BCUT2D eigenvalue weighted by molar-refractivity contribution is 5.97. The van der Waals surface area contributed by atoms with E-state index >= 15 is 0 Å². The normalized spacial score (nSPS) is 10.5. The lowest BCUT2D eigenvalue weighted by atomic mass is 10.2. The molecule has 0 bridgehead atoms. The van der Waals surface area contributed by atoms with E-state index in [0.29, 0.717) is 34.6 Å². The van der Waals surface area contributed by atoms with E-state index < -0.39 is 23.8 Å². The summed E-state index contributed by atoms with van der Waals surface area (Å²) >= 11 is 0. The Balaban J connectivity index is 1.41. The quantitative estimate of drug-likeness (QED) is 0.119. The van der Waals surface area contributed by atoms with Crippen LogP contribution in [-0.4, -0.2) is 43.1 Å². The van der Waals surface area contributed by atoms with Crippen molar-refractivity contribution in [3.8, 4) is 17.2 Å². The van der Waals surface area contributed by atoms with Gasteiger partial charge in [-0.25, -0.2) is 15.0 Å². The van der Waals surface area contributed by atoms with Crippen LogP contribution in [0.15, 0.2) is 108 Å². The second-order valence-corrected chi connectivity index (χ2v) is 8.64. The summed E-state index contributed by atoms with van der Waals surface area (Å²) in [6, 6.07) is 27.7. The van der Waals surface area contributed by atoms with Gasteiger partial charge in [0, 0.05) is 17.2 Å². The Hall–Kier alpha value is -5.77. The van der Waals surface area contributed by atoms with Gasteiger partial charge in [0.15, 0.2) is 0 Å². The molecule has 0 fully saturated rings. The SMILES string of the molecule is CCOc1ccc(C(=O)NCC(=O)N/N=C/c2ccc(OC(=O)c3ccccc3)cc2OC(=O)c2ccccc2)cc1. The van der Waals surface area contributed by atoms with Crippen LogP contribution >= 0.6 is 0 Å². The Morgan fingerprint density at radius 3 is 1.93 bits per heavy atom. The van der Waals surface area contributed by atoms with Gasteiger partial charge in [-0.05, 0) is 67.6 Å². The molecule has 0 atom stereocenters. The van der Waals surface area contributed by atoms with Gasteiger partial charge in [0.2, 0.25) is 0 Å². The molecule has 0 heterocycles. The molecule has 0 saturated heterocycles. The van der Waals surface area contributed by atoms with Crippen molar-refractivity contribution < 1.29 is 33.4 Å². The Morgan fingerprint density at radius 2 is 1.31 bits per heavy atom. The Kier molecular flexibility index (Phi) is 10.1. The highest BCUT2D eigenvalue weighted by atomic mass is 16.5. The molecule has 0 saturated carbocycles. The largest absolute Gasteiger partial charge is 0.494 e. The minimum Gasteiger partial charge on any atom is -0.494 e. The Bertz CT molecular complexity index is 1570. The van der Waals surface area contributed by atoms with Crippen LogP contribution in [0, 0.1) is 0 Å². The average Bonchev–Trinajstić information content (AvgIpc) is 3.02. The van der Waals surface area contributed by atoms with E-state index in [1.807, 2.05) is 6.92 Å². The van der Waals surface area contributed by atoms with E-state index in [4.69, 9.17) is 14.2 Å². The molecule has 42 heavy (non-hydrogen) atoms. The van der Waals surface area contributed by atoms with Crippen molar-refractivity contribution in [3.05, 3.63) is 125 Å². The van der Waals surface area contributed by atoms with Crippen LogP contribution < -0.4 is 25.0 Å². The van der Waals surface area contributed by atoms with E-state index in [-0.39, 0.29) is 18.0 Å². The number of carbonyl (C=O) groups is 4. The van der Waals surface area contributed by atoms with Gasteiger partial charge in [-0.3, -0.25) is 9.59 Å². The van der Waals surface area contributed by atoms with Crippen LogP contribution in [0.3, 0.4) is 0 Å². The molecule has 10 heteroatoms. The summed E-state index contributed by atoms with van der Waals surface area (Å²) in [5.41, 5.74) is 3.66. The summed E-state index contributed by atoms with van der Waals surface area (Å²) in [4.78, 5) is 49.8. The van der Waals surface area contributed by atoms with Crippen LogP contribution in [0.25, 0.3) is 0 Å². The second-order valence-electron chi connectivity index (χ2n) is 8.64. The summed E-state index contributed by atoms with van der Waals surface area (Å²) < 4.78 is 16.4. The van der Waals surface area contributed by atoms with Crippen LogP contribution in [0.1, 0.15) is 43.6 Å². The number of nitrogens with one attached hydrogen (secondary N) is 2. The first-order chi connectivity index (χ1) is 20.4. The Labute approximate surface area is 241 Å².